The first kappa shape index (κ1) is 88.4. The number of hydrogen-bond acceptors (Lipinski definition) is 8. The van der Waals surface area contributed by atoms with Gasteiger partial charge in [-0.25, -0.2) is 0 Å². The number of carbonyl (C=O) groups excluding carboxylic acids is 3. The summed E-state index contributed by atoms with van der Waals surface area (Å²) in [5.74, 6) is -2.36. The van der Waals surface area contributed by atoms with Crippen LogP contribution in [0.1, 0.15) is 322 Å². The number of hydrogen-bond donors (Lipinski definition) is 0. The number of allylic oxidation sites excluding steroid dienone is 22. The van der Waals surface area contributed by atoms with Crippen LogP contribution in [0.15, 0.2) is 134 Å². The third kappa shape index (κ3) is 74.7. The monoisotopic (exact) mass is 1290 g/mol. The lowest BCUT2D eigenvalue weighted by Gasteiger charge is -2.26. The van der Waals surface area contributed by atoms with Crippen molar-refractivity contribution in [2.24, 2.45) is 0 Å². The van der Waals surface area contributed by atoms with Crippen LogP contribution in [-0.2, 0) is 33.3 Å². The molecule has 0 aliphatic heterocycles. The molecule has 2 atom stereocenters. The lowest BCUT2D eigenvalue weighted by Crippen LogP contribution is -2.44. The molecule has 2 unspecified atom stereocenters. The number of aliphatic carboxylic acids is 1. The molecule has 0 aromatic heterocycles. The van der Waals surface area contributed by atoms with E-state index in [1.807, 2.05) is 21.1 Å². The van der Waals surface area contributed by atoms with Crippen molar-refractivity contribution in [3.63, 3.8) is 0 Å². The van der Waals surface area contributed by atoms with Crippen molar-refractivity contribution >= 4 is 17.9 Å². The van der Waals surface area contributed by atoms with E-state index >= 15 is 0 Å². The minimum atomic E-state index is -1.65. The second kappa shape index (κ2) is 73.2. The lowest BCUT2D eigenvalue weighted by atomic mass is 10.0. The first-order valence-electron chi connectivity index (χ1n) is 38.3. The Kier molecular flexibility index (Phi) is 69.6. The highest BCUT2D eigenvalue weighted by atomic mass is 16.7. The molecule has 9 nitrogen and oxygen atoms in total. The molecule has 0 saturated heterocycles. The molecule has 9 heteroatoms. The van der Waals surface area contributed by atoms with Gasteiger partial charge in [-0.1, -0.05) is 334 Å². The van der Waals surface area contributed by atoms with E-state index in [4.69, 9.17) is 18.9 Å². The molecule has 0 aromatic rings. The Labute approximate surface area is 573 Å². The molecule has 0 bridgehead atoms. The zero-order chi connectivity index (χ0) is 67.5. The van der Waals surface area contributed by atoms with Gasteiger partial charge in [0, 0.05) is 12.8 Å². The van der Waals surface area contributed by atoms with Crippen molar-refractivity contribution in [1.29, 1.82) is 0 Å². The first-order chi connectivity index (χ1) is 45.6. The average Bonchev–Trinajstić information content (AvgIpc) is 3.74. The fourth-order valence-electron chi connectivity index (χ4n) is 10.6. The van der Waals surface area contributed by atoms with Gasteiger partial charge in [0.15, 0.2) is 12.4 Å². The topological polar surface area (TPSA) is 111 Å². The minimum Gasteiger partial charge on any atom is -0.545 e. The summed E-state index contributed by atoms with van der Waals surface area (Å²) in [5.41, 5.74) is 0. The average molecular weight is 1300 g/mol. The summed E-state index contributed by atoms with van der Waals surface area (Å²) in [6.45, 7) is 4.57. The van der Waals surface area contributed by atoms with Gasteiger partial charge in [-0.2, -0.15) is 0 Å². The van der Waals surface area contributed by atoms with E-state index in [-0.39, 0.29) is 38.6 Å². The van der Waals surface area contributed by atoms with Gasteiger partial charge in [0.2, 0.25) is 0 Å². The fourth-order valence-corrected chi connectivity index (χ4v) is 10.6. The minimum absolute atomic E-state index is 0.131. The largest absolute Gasteiger partial charge is 0.545 e. The Morgan fingerprint density at radius 1 is 0.333 bits per heavy atom. The molecule has 0 aliphatic rings. The maximum Gasteiger partial charge on any atom is 0.306 e. The number of ether oxygens (including phenoxy) is 4. The van der Waals surface area contributed by atoms with Gasteiger partial charge < -0.3 is 33.3 Å². The number of carboxylic acids is 1. The normalized spacial score (nSPS) is 13.4. The van der Waals surface area contributed by atoms with Crippen LogP contribution < -0.4 is 5.11 Å². The van der Waals surface area contributed by atoms with E-state index in [1.54, 1.807) is 0 Å². The van der Waals surface area contributed by atoms with Crippen LogP contribution in [0.4, 0.5) is 0 Å². The summed E-state index contributed by atoms with van der Waals surface area (Å²) in [6.07, 6.45) is 103. The standard InChI is InChI=1S/C84H143NO8/c1-6-8-10-12-14-16-18-20-22-24-26-28-30-32-34-36-37-38-39-40-41-42-43-44-45-47-48-50-52-54-56-58-60-62-64-66-68-70-72-74-81(86)91-78-80(79-92-84(83(88)89)90-77-76-85(3,4)5)93-82(87)75-73-71-69-67-65-63-61-59-57-55-53-51-49-46-35-33-31-29-27-25-23-21-19-17-15-13-11-9-7-2/h9,11,15,17-18,20-21,23-24,26-27,29,33,35,49,51,55,57,61,63,67,69,80,84H,6-8,10,12-14,16,19,22,25,28,30-32,34,36-48,50,52-54,56,58-60,62,64-66,68,70-79H2,1-5H3/b11-9-,17-15-,20-18-,23-21-,26-24-,29-27-,35-33-,51-49-,57-55-,63-61-,69-67-. The van der Waals surface area contributed by atoms with Crippen LogP contribution in [0, 0.1) is 0 Å². The van der Waals surface area contributed by atoms with Gasteiger partial charge in [-0.3, -0.25) is 9.59 Å². The van der Waals surface area contributed by atoms with E-state index in [2.05, 4.69) is 148 Å². The van der Waals surface area contributed by atoms with Crippen LogP contribution in [-0.4, -0.2) is 82.3 Å². The number of rotatable bonds is 70. The van der Waals surface area contributed by atoms with Gasteiger partial charge in [0.05, 0.1) is 40.3 Å². The van der Waals surface area contributed by atoms with Crippen molar-refractivity contribution < 1.29 is 42.9 Å². The second-order valence-electron chi connectivity index (χ2n) is 26.6. The van der Waals surface area contributed by atoms with Crippen LogP contribution in [0.3, 0.4) is 0 Å². The Balaban J connectivity index is 4.10. The molecule has 0 spiro atoms. The third-order valence-corrected chi connectivity index (χ3v) is 16.4. The van der Waals surface area contributed by atoms with Crippen LogP contribution in [0.5, 0.6) is 0 Å². The summed E-state index contributed by atoms with van der Waals surface area (Å²) >= 11 is 0. The number of esters is 2. The predicted molar refractivity (Wildman–Crippen MR) is 398 cm³/mol. The summed E-state index contributed by atoms with van der Waals surface area (Å²) < 4.78 is 22.7. The zero-order valence-electron chi connectivity index (χ0n) is 60.8. The summed E-state index contributed by atoms with van der Waals surface area (Å²) in [7, 11) is 5.91. The molecule has 93 heavy (non-hydrogen) atoms. The van der Waals surface area contributed by atoms with Crippen molar-refractivity contribution in [2.45, 2.75) is 334 Å². The van der Waals surface area contributed by atoms with Crippen LogP contribution in [0.2, 0.25) is 0 Å². The lowest BCUT2D eigenvalue weighted by molar-refractivity contribution is -0.870. The number of unbranched alkanes of at least 4 members (excludes halogenated alkanes) is 33. The molecule has 0 aliphatic carbocycles. The highest BCUT2D eigenvalue weighted by molar-refractivity contribution is 5.70. The second-order valence-corrected chi connectivity index (χ2v) is 26.6. The van der Waals surface area contributed by atoms with Gasteiger partial charge in [0.25, 0.3) is 0 Å². The number of nitrogens with zero attached hydrogens (tertiary/aromatic N) is 1. The maximum atomic E-state index is 12.9. The van der Waals surface area contributed by atoms with Crippen molar-refractivity contribution in [1.82, 2.24) is 0 Å². The SMILES string of the molecule is CC/C=C\C/C=C\C/C=C\C/C=C\C/C=C\C/C=C\C/C=C\C/C=C\C/C=C\CCCC(=O)OC(COC(=O)CCCCCCCCCCCCCCCCCCCCCCCCCCCCC/C=C\C/C=C\CCCCCCC)COC(OCC[N+](C)(C)C)C(=O)[O-]. The summed E-state index contributed by atoms with van der Waals surface area (Å²) in [5, 5.41) is 11.8. The van der Waals surface area contributed by atoms with Gasteiger partial charge in [0.1, 0.15) is 13.2 Å². The van der Waals surface area contributed by atoms with E-state index in [0.717, 1.165) is 83.5 Å². The number of quaternary nitrogens is 1. The van der Waals surface area contributed by atoms with Gasteiger partial charge in [-0.05, 0) is 109 Å². The molecule has 0 rings (SSSR count). The number of carboxylic acid groups (broad SMARTS) is 1. The molecule has 0 radical (unpaired) electrons. The number of carbonyl (C=O) groups is 3. The molecular weight excluding hydrogens is 1150 g/mol. The Morgan fingerprint density at radius 3 is 0.946 bits per heavy atom. The van der Waals surface area contributed by atoms with Gasteiger partial charge >= 0.3 is 11.9 Å². The van der Waals surface area contributed by atoms with Crippen molar-refractivity contribution in [2.75, 3.05) is 47.5 Å². The maximum absolute atomic E-state index is 12.9. The zero-order valence-corrected chi connectivity index (χ0v) is 60.8. The molecule has 0 saturated carbocycles. The van der Waals surface area contributed by atoms with Gasteiger partial charge in [-0.15, -0.1) is 0 Å². The highest BCUT2D eigenvalue weighted by Gasteiger charge is 2.22. The molecule has 0 N–H and O–H groups in total. The molecular formula is C84H143NO8. The first-order valence-corrected chi connectivity index (χ1v) is 38.3. The molecule has 0 fully saturated rings. The molecule has 0 aromatic carbocycles. The molecule has 532 valence electrons. The van der Waals surface area contributed by atoms with E-state index in [9.17, 15) is 19.5 Å². The van der Waals surface area contributed by atoms with Crippen molar-refractivity contribution in [3.8, 4) is 0 Å². The Hall–Kier alpha value is -4.57. The molecule has 0 heterocycles. The smallest absolute Gasteiger partial charge is 0.306 e. The predicted octanol–water partition coefficient (Wildman–Crippen LogP) is 23.1. The summed E-state index contributed by atoms with van der Waals surface area (Å²) in [4.78, 5) is 37.5. The highest BCUT2D eigenvalue weighted by Crippen LogP contribution is 2.18. The van der Waals surface area contributed by atoms with E-state index < -0.39 is 24.3 Å². The number of likely N-dealkylation sites (N-methyl/N-ethyl adjacent to an activating group) is 1. The quantitative estimate of drug-likeness (QED) is 0.0195. The third-order valence-electron chi connectivity index (χ3n) is 16.4. The summed E-state index contributed by atoms with van der Waals surface area (Å²) in [6, 6.07) is 0. The fraction of sp³-hybridized carbons (Fsp3) is 0.702. The van der Waals surface area contributed by atoms with E-state index in [0.29, 0.717) is 23.9 Å². The Morgan fingerprint density at radius 2 is 0.624 bits per heavy atom. The Bertz CT molecular complexity index is 2000. The van der Waals surface area contributed by atoms with Crippen LogP contribution in [0.25, 0.3) is 0 Å². The van der Waals surface area contributed by atoms with Crippen LogP contribution >= 0.6 is 0 Å². The molecule has 0 amide bonds. The van der Waals surface area contributed by atoms with E-state index in [1.165, 1.54) is 199 Å². The van der Waals surface area contributed by atoms with Crippen molar-refractivity contribution in [3.05, 3.63) is 134 Å².